The number of nitrogen functional groups attached to an aromatic ring is 1. The summed E-state index contributed by atoms with van der Waals surface area (Å²) < 4.78 is 18.4. The number of pyridine rings is 1. The van der Waals surface area contributed by atoms with Gasteiger partial charge in [0, 0.05) is 31.6 Å². The van der Waals surface area contributed by atoms with Gasteiger partial charge in [0.25, 0.3) is 0 Å². The van der Waals surface area contributed by atoms with E-state index in [-0.39, 0.29) is 23.1 Å². The summed E-state index contributed by atoms with van der Waals surface area (Å²) in [6.07, 6.45) is 0.968. The van der Waals surface area contributed by atoms with Crippen LogP contribution >= 0.6 is 11.6 Å². The minimum Gasteiger partial charge on any atom is -0.477 e. The van der Waals surface area contributed by atoms with Gasteiger partial charge in [-0.25, -0.2) is 14.4 Å². The van der Waals surface area contributed by atoms with E-state index in [1.807, 2.05) is 44.4 Å². The molecule has 200 valence electrons. The Morgan fingerprint density at radius 2 is 1.97 bits per heavy atom. The third kappa shape index (κ3) is 5.10. The summed E-state index contributed by atoms with van der Waals surface area (Å²) in [5.74, 6) is 0.977. The zero-order valence-corrected chi connectivity index (χ0v) is 22.5. The van der Waals surface area contributed by atoms with Crippen molar-refractivity contribution < 1.29 is 18.9 Å². The molecule has 0 spiro atoms. The topological polar surface area (TPSA) is 134 Å². The first-order chi connectivity index (χ1) is 18.1. The number of amides is 1. The van der Waals surface area contributed by atoms with Gasteiger partial charge in [0.2, 0.25) is 5.88 Å². The molecule has 0 bridgehead atoms. The van der Waals surface area contributed by atoms with Crippen LogP contribution in [0.2, 0.25) is 5.15 Å². The highest BCUT2D eigenvalue weighted by Crippen LogP contribution is 2.32. The number of hydrogen-bond acceptors (Lipinski definition) is 9. The summed E-state index contributed by atoms with van der Waals surface area (Å²) in [5.41, 5.74) is 9.21. The number of imidazole rings is 1. The summed E-state index contributed by atoms with van der Waals surface area (Å²) in [4.78, 5) is 23.8. The Morgan fingerprint density at radius 1 is 1.21 bits per heavy atom. The monoisotopic (exact) mass is 539 g/mol. The molecule has 11 nitrogen and oxygen atoms in total. The quantitative estimate of drug-likeness (QED) is 0.340. The van der Waals surface area contributed by atoms with Crippen molar-refractivity contribution in [1.82, 2.24) is 29.7 Å². The molecular formula is C26H30ClN7O4. The van der Waals surface area contributed by atoms with Gasteiger partial charge >= 0.3 is 6.09 Å². The van der Waals surface area contributed by atoms with Crippen LogP contribution in [0, 0.1) is 0 Å². The molecule has 0 unspecified atom stereocenters. The predicted molar refractivity (Wildman–Crippen MR) is 142 cm³/mol. The maximum Gasteiger partial charge on any atom is 0.410 e. The number of halogens is 1. The van der Waals surface area contributed by atoms with Crippen LogP contribution in [0.1, 0.15) is 45.2 Å². The van der Waals surface area contributed by atoms with Crippen LogP contribution in [-0.4, -0.2) is 54.1 Å². The molecule has 4 heterocycles. The van der Waals surface area contributed by atoms with Gasteiger partial charge in [-0.15, -0.1) is 0 Å². The van der Waals surface area contributed by atoms with Gasteiger partial charge in [-0.1, -0.05) is 35.9 Å². The third-order valence-electron chi connectivity index (χ3n) is 6.40. The van der Waals surface area contributed by atoms with Crippen molar-refractivity contribution in [2.75, 3.05) is 12.3 Å². The van der Waals surface area contributed by atoms with Crippen molar-refractivity contribution in [3.8, 4) is 17.4 Å². The minimum absolute atomic E-state index is 0.0886. The highest BCUT2D eigenvalue weighted by Gasteiger charge is 2.32. The van der Waals surface area contributed by atoms with Gasteiger partial charge in [-0.3, -0.25) is 0 Å². The number of nitrogens with zero attached hydrogens (tertiary/aromatic N) is 6. The van der Waals surface area contributed by atoms with E-state index >= 15 is 0 Å². The van der Waals surface area contributed by atoms with Gasteiger partial charge in [-0.2, -0.15) is 4.98 Å². The average Bonchev–Trinajstić information content (AvgIpc) is 3.45. The number of carbonyl (C=O) groups excluding carboxylic acids is 1. The standard InChI is InChI=1S/C26H30ClN7O4/c1-5-33-18-13-19(29-22(27)20(18)30-24(33)21-23(28)32-38-31-21)36-11-10-17-12-15-8-6-7-9-16(15)14-34(17)25(35)37-26(2,3)4/h6-9,13,17H,5,10-12,14H2,1-4H3,(H2,28,32)/t17-/m0/s1. The number of nitrogens with two attached hydrogens (primary N) is 1. The summed E-state index contributed by atoms with van der Waals surface area (Å²) in [6.45, 7) is 8.96. The average molecular weight is 540 g/mol. The molecule has 0 fully saturated rings. The Labute approximate surface area is 224 Å². The van der Waals surface area contributed by atoms with Crippen molar-refractivity contribution in [3.05, 3.63) is 46.6 Å². The molecule has 1 amide bonds. The normalized spacial score (nSPS) is 15.5. The Morgan fingerprint density at radius 3 is 2.66 bits per heavy atom. The van der Waals surface area contributed by atoms with E-state index in [1.165, 1.54) is 5.56 Å². The summed E-state index contributed by atoms with van der Waals surface area (Å²) in [7, 11) is 0. The number of hydrogen-bond donors (Lipinski definition) is 1. The molecule has 1 aliphatic rings. The molecule has 0 saturated heterocycles. The fourth-order valence-corrected chi connectivity index (χ4v) is 4.89. The zero-order valence-electron chi connectivity index (χ0n) is 21.8. The first kappa shape index (κ1) is 25.8. The van der Waals surface area contributed by atoms with Crippen molar-refractivity contribution in [3.63, 3.8) is 0 Å². The molecule has 5 rings (SSSR count). The van der Waals surface area contributed by atoms with Crippen molar-refractivity contribution >= 4 is 34.5 Å². The lowest BCUT2D eigenvalue weighted by atomic mass is 9.93. The molecule has 2 N–H and O–H groups in total. The second-order valence-electron chi connectivity index (χ2n) is 10.2. The van der Waals surface area contributed by atoms with Crippen molar-refractivity contribution in [1.29, 1.82) is 0 Å². The van der Waals surface area contributed by atoms with Crippen LogP contribution in [0.5, 0.6) is 5.88 Å². The van der Waals surface area contributed by atoms with Gasteiger partial charge in [0.05, 0.1) is 12.1 Å². The van der Waals surface area contributed by atoms with Gasteiger partial charge < -0.3 is 24.7 Å². The fraction of sp³-hybridized carbons (Fsp3) is 0.423. The summed E-state index contributed by atoms with van der Waals surface area (Å²) in [6, 6.07) is 9.85. The highest BCUT2D eigenvalue weighted by atomic mass is 35.5. The lowest BCUT2D eigenvalue weighted by molar-refractivity contribution is 0.00964. The molecule has 4 aromatic rings. The van der Waals surface area contributed by atoms with E-state index in [9.17, 15) is 4.79 Å². The Hall–Kier alpha value is -3.86. The van der Waals surface area contributed by atoms with Crippen LogP contribution in [0.15, 0.2) is 35.0 Å². The van der Waals surface area contributed by atoms with E-state index < -0.39 is 5.60 Å². The molecule has 1 aliphatic heterocycles. The third-order valence-corrected chi connectivity index (χ3v) is 6.66. The van der Waals surface area contributed by atoms with Crippen LogP contribution in [-0.2, 0) is 24.2 Å². The second-order valence-corrected chi connectivity index (χ2v) is 10.5. The molecular weight excluding hydrogens is 510 g/mol. The predicted octanol–water partition coefficient (Wildman–Crippen LogP) is 4.87. The molecule has 38 heavy (non-hydrogen) atoms. The number of aryl methyl sites for hydroxylation is 1. The Balaban J connectivity index is 1.36. The molecule has 12 heteroatoms. The van der Waals surface area contributed by atoms with E-state index in [0.717, 1.165) is 11.1 Å². The number of carbonyl (C=O) groups is 1. The Kier molecular flexibility index (Phi) is 6.87. The summed E-state index contributed by atoms with van der Waals surface area (Å²) in [5, 5.41) is 7.71. The second kappa shape index (κ2) is 10.1. The zero-order chi connectivity index (χ0) is 27.0. The van der Waals surface area contributed by atoms with Crippen LogP contribution < -0.4 is 10.5 Å². The van der Waals surface area contributed by atoms with Crippen LogP contribution in [0.4, 0.5) is 10.6 Å². The lowest BCUT2D eigenvalue weighted by Crippen LogP contribution is -2.47. The van der Waals surface area contributed by atoms with Gasteiger partial charge in [0.15, 0.2) is 22.5 Å². The highest BCUT2D eigenvalue weighted by molar-refractivity contribution is 6.33. The number of benzene rings is 1. The Bertz CT molecular complexity index is 1480. The van der Waals surface area contributed by atoms with Gasteiger partial charge in [-0.05, 0) is 55.6 Å². The van der Waals surface area contributed by atoms with Crippen molar-refractivity contribution in [2.45, 2.75) is 65.3 Å². The van der Waals surface area contributed by atoms with E-state index in [2.05, 4.69) is 32.4 Å². The number of rotatable bonds is 6. The van der Waals surface area contributed by atoms with Crippen LogP contribution in [0.25, 0.3) is 22.6 Å². The first-order valence-electron chi connectivity index (χ1n) is 12.5. The van der Waals surface area contributed by atoms with E-state index in [1.54, 1.807) is 11.0 Å². The van der Waals surface area contributed by atoms with E-state index in [0.29, 0.717) is 55.5 Å². The maximum atomic E-state index is 13.1. The number of fused-ring (bicyclic) bond motifs is 2. The smallest absolute Gasteiger partial charge is 0.410 e. The number of ether oxygens (including phenoxy) is 2. The SMILES string of the molecule is CCn1c(-c2nonc2N)nc2c(Cl)nc(OCC[C@H]3Cc4ccccc4CN3C(=O)OC(C)(C)C)cc21. The van der Waals surface area contributed by atoms with Gasteiger partial charge in [0.1, 0.15) is 11.1 Å². The lowest BCUT2D eigenvalue weighted by Gasteiger charge is -2.37. The largest absolute Gasteiger partial charge is 0.477 e. The molecule has 0 saturated carbocycles. The number of aromatic nitrogens is 5. The molecule has 1 aromatic carbocycles. The van der Waals surface area contributed by atoms with Crippen molar-refractivity contribution in [2.24, 2.45) is 0 Å². The first-order valence-corrected chi connectivity index (χ1v) is 12.9. The number of anilines is 1. The molecule has 1 atom stereocenters. The summed E-state index contributed by atoms with van der Waals surface area (Å²) >= 11 is 6.49. The fourth-order valence-electron chi connectivity index (χ4n) is 4.67. The molecule has 0 aliphatic carbocycles. The molecule has 0 radical (unpaired) electrons. The molecule has 3 aromatic heterocycles. The van der Waals surface area contributed by atoms with E-state index in [4.69, 9.17) is 31.4 Å². The minimum atomic E-state index is -0.584. The van der Waals surface area contributed by atoms with Crippen LogP contribution in [0.3, 0.4) is 0 Å². The maximum absolute atomic E-state index is 13.1.